The van der Waals surface area contributed by atoms with Crippen molar-refractivity contribution < 1.29 is 13.5 Å². The number of ether oxygens (including phenoxy) is 1. The summed E-state index contributed by atoms with van der Waals surface area (Å²) in [6, 6.07) is 19.2. The highest BCUT2D eigenvalue weighted by molar-refractivity contribution is 5.84. The fraction of sp³-hybridized carbons (Fsp3) is 0.100. The topological polar surface area (TPSA) is 9.23 Å². The largest absolute Gasteiger partial charge is 0.494 e. The van der Waals surface area contributed by atoms with Crippen molar-refractivity contribution in [3.63, 3.8) is 0 Å². The highest BCUT2D eigenvalue weighted by Gasteiger charge is 2.14. The maximum Gasteiger partial charge on any atom is 0.166 e. The van der Waals surface area contributed by atoms with Crippen LogP contribution >= 0.6 is 0 Å². The Morgan fingerprint density at radius 1 is 0.783 bits per heavy atom. The Labute approximate surface area is 134 Å². The van der Waals surface area contributed by atoms with Crippen molar-refractivity contribution in [1.29, 1.82) is 0 Å². The van der Waals surface area contributed by atoms with Crippen LogP contribution in [0.1, 0.15) is 6.92 Å². The quantitative estimate of drug-likeness (QED) is 0.601. The van der Waals surface area contributed by atoms with Crippen LogP contribution in [0.25, 0.3) is 22.3 Å². The molecule has 1 nitrogen and oxygen atoms in total. The van der Waals surface area contributed by atoms with Crippen LogP contribution in [-0.2, 0) is 0 Å². The summed E-state index contributed by atoms with van der Waals surface area (Å²) in [6.07, 6.45) is 0. The van der Waals surface area contributed by atoms with Gasteiger partial charge < -0.3 is 4.74 Å². The number of hydrogen-bond donors (Lipinski definition) is 0. The third-order valence-electron chi connectivity index (χ3n) is 3.62. The van der Waals surface area contributed by atoms with Gasteiger partial charge >= 0.3 is 0 Å². The van der Waals surface area contributed by atoms with Crippen LogP contribution in [0, 0.1) is 11.6 Å². The first-order chi connectivity index (χ1) is 11.2. The average Bonchev–Trinajstić information content (AvgIpc) is 2.58. The van der Waals surface area contributed by atoms with Gasteiger partial charge in [0.25, 0.3) is 0 Å². The van der Waals surface area contributed by atoms with Crippen molar-refractivity contribution in [3.8, 4) is 28.0 Å². The van der Waals surface area contributed by atoms with E-state index in [9.17, 15) is 8.78 Å². The van der Waals surface area contributed by atoms with Gasteiger partial charge in [0.1, 0.15) is 5.75 Å². The minimum Gasteiger partial charge on any atom is -0.494 e. The zero-order chi connectivity index (χ0) is 16.2. The Kier molecular flexibility index (Phi) is 4.38. The average molecular weight is 310 g/mol. The molecule has 0 fully saturated rings. The number of rotatable bonds is 4. The van der Waals surface area contributed by atoms with E-state index < -0.39 is 11.6 Å². The van der Waals surface area contributed by atoms with Gasteiger partial charge in [-0.1, -0.05) is 48.5 Å². The van der Waals surface area contributed by atoms with Crippen molar-refractivity contribution in [2.24, 2.45) is 0 Å². The van der Waals surface area contributed by atoms with Gasteiger partial charge in [-0.05, 0) is 41.8 Å². The molecular formula is C20H16F2O. The molecule has 0 spiro atoms. The van der Waals surface area contributed by atoms with Gasteiger partial charge in [-0.3, -0.25) is 0 Å². The van der Waals surface area contributed by atoms with Gasteiger partial charge in [0.05, 0.1) is 6.61 Å². The van der Waals surface area contributed by atoms with E-state index in [-0.39, 0.29) is 5.56 Å². The van der Waals surface area contributed by atoms with E-state index in [4.69, 9.17) is 4.74 Å². The van der Waals surface area contributed by atoms with E-state index in [0.717, 1.165) is 22.9 Å². The summed E-state index contributed by atoms with van der Waals surface area (Å²) < 4.78 is 33.3. The van der Waals surface area contributed by atoms with Gasteiger partial charge in [-0.2, -0.15) is 0 Å². The van der Waals surface area contributed by atoms with E-state index in [1.54, 1.807) is 12.1 Å². The zero-order valence-electron chi connectivity index (χ0n) is 12.7. The molecule has 3 aromatic carbocycles. The fourth-order valence-electron chi connectivity index (χ4n) is 2.60. The standard InChI is InChI=1S/C20H16F2O/c1-2-23-15-8-5-7-14(13-15)16-9-3-4-10-17(16)18-11-6-12-19(21)20(18)22/h3-13H,2H2,1H3. The van der Waals surface area contributed by atoms with Crippen LogP contribution in [0.3, 0.4) is 0 Å². The Hall–Kier alpha value is -2.68. The summed E-state index contributed by atoms with van der Waals surface area (Å²) in [7, 11) is 0. The molecule has 0 atom stereocenters. The van der Waals surface area contributed by atoms with Crippen LogP contribution in [0.5, 0.6) is 5.75 Å². The van der Waals surface area contributed by atoms with Crippen molar-refractivity contribution in [2.75, 3.05) is 6.61 Å². The molecule has 0 saturated carbocycles. The Bertz CT molecular complexity index is 827. The Morgan fingerprint density at radius 2 is 1.48 bits per heavy atom. The van der Waals surface area contributed by atoms with Gasteiger partial charge in [0.15, 0.2) is 11.6 Å². The lowest BCUT2D eigenvalue weighted by Gasteiger charge is -2.12. The molecule has 0 heterocycles. The lowest BCUT2D eigenvalue weighted by atomic mass is 9.94. The van der Waals surface area contributed by atoms with E-state index in [1.165, 1.54) is 6.07 Å². The molecule has 0 radical (unpaired) electrons. The summed E-state index contributed by atoms with van der Waals surface area (Å²) in [5.74, 6) is -0.930. The number of hydrogen-bond acceptors (Lipinski definition) is 1. The van der Waals surface area contributed by atoms with Gasteiger partial charge in [0.2, 0.25) is 0 Å². The van der Waals surface area contributed by atoms with Crippen LogP contribution < -0.4 is 4.74 Å². The van der Waals surface area contributed by atoms with E-state index in [2.05, 4.69) is 0 Å². The molecule has 23 heavy (non-hydrogen) atoms. The molecule has 0 aliphatic carbocycles. The monoisotopic (exact) mass is 310 g/mol. The van der Waals surface area contributed by atoms with Gasteiger partial charge in [0, 0.05) is 5.56 Å². The summed E-state index contributed by atoms with van der Waals surface area (Å²) >= 11 is 0. The first-order valence-electron chi connectivity index (χ1n) is 7.47. The van der Waals surface area contributed by atoms with Crippen LogP contribution in [0.4, 0.5) is 8.78 Å². The van der Waals surface area contributed by atoms with E-state index in [0.29, 0.717) is 12.2 Å². The third-order valence-corrected chi connectivity index (χ3v) is 3.62. The number of benzene rings is 3. The highest BCUT2D eigenvalue weighted by atomic mass is 19.2. The smallest absolute Gasteiger partial charge is 0.166 e. The second kappa shape index (κ2) is 6.61. The molecule has 0 bridgehead atoms. The van der Waals surface area contributed by atoms with Crippen molar-refractivity contribution >= 4 is 0 Å². The van der Waals surface area contributed by atoms with E-state index in [1.807, 2.05) is 49.4 Å². The maximum atomic E-state index is 14.2. The molecule has 0 N–H and O–H groups in total. The molecule has 0 unspecified atom stereocenters. The van der Waals surface area contributed by atoms with Crippen molar-refractivity contribution in [2.45, 2.75) is 6.92 Å². The predicted molar refractivity (Wildman–Crippen MR) is 88.4 cm³/mol. The van der Waals surface area contributed by atoms with Crippen LogP contribution in [0.2, 0.25) is 0 Å². The minimum atomic E-state index is -0.847. The molecule has 3 rings (SSSR count). The van der Waals surface area contributed by atoms with Crippen molar-refractivity contribution in [1.82, 2.24) is 0 Å². The summed E-state index contributed by atoms with van der Waals surface area (Å²) in [6.45, 7) is 2.49. The van der Waals surface area contributed by atoms with Crippen LogP contribution in [-0.4, -0.2) is 6.61 Å². The molecule has 3 aromatic rings. The third kappa shape index (κ3) is 3.09. The first kappa shape index (κ1) is 15.2. The summed E-state index contributed by atoms with van der Waals surface area (Å²) in [4.78, 5) is 0. The van der Waals surface area contributed by atoms with Gasteiger partial charge in [-0.15, -0.1) is 0 Å². The Balaban J connectivity index is 2.15. The molecule has 0 amide bonds. The molecule has 0 aliphatic rings. The first-order valence-corrected chi connectivity index (χ1v) is 7.47. The number of halogens is 2. The summed E-state index contributed by atoms with van der Waals surface area (Å²) in [5, 5.41) is 0. The molecule has 0 aromatic heterocycles. The second-order valence-corrected chi connectivity index (χ2v) is 5.11. The molecular weight excluding hydrogens is 294 g/mol. The normalized spacial score (nSPS) is 10.6. The maximum absolute atomic E-state index is 14.2. The highest BCUT2D eigenvalue weighted by Crippen LogP contribution is 2.35. The van der Waals surface area contributed by atoms with Crippen LogP contribution in [0.15, 0.2) is 66.7 Å². The zero-order valence-corrected chi connectivity index (χ0v) is 12.7. The fourth-order valence-corrected chi connectivity index (χ4v) is 2.60. The Morgan fingerprint density at radius 3 is 2.26 bits per heavy atom. The molecule has 3 heteroatoms. The van der Waals surface area contributed by atoms with E-state index >= 15 is 0 Å². The molecule has 116 valence electrons. The second-order valence-electron chi connectivity index (χ2n) is 5.11. The molecule has 0 saturated heterocycles. The van der Waals surface area contributed by atoms with Crippen molar-refractivity contribution in [3.05, 3.63) is 78.4 Å². The SMILES string of the molecule is CCOc1cccc(-c2ccccc2-c2cccc(F)c2F)c1. The minimum absolute atomic E-state index is 0.252. The van der Waals surface area contributed by atoms with Gasteiger partial charge in [-0.25, -0.2) is 8.78 Å². The lowest BCUT2D eigenvalue weighted by molar-refractivity contribution is 0.340. The summed E-state index contributed by atoms with van der Waals surface area (Å²) in [5.41, 5.74) is 2.63. The lowest BCUT2D eigenvalue weighted by Crippen LogP contribution is -1.93. The molecule has 0 aliphatic heterocycles. The predicted octanol–water partition coefficient (Wildman–Crippen LogP) is 5.70.